The average Bonchev–Trinajstić information content (AvgIpc) is 3.47. The summed E-state index contributed by atoms with van der Waals surface area (Å²) in [5, 5.41) is 34.9. The number of H-pyrrole nitrogens is 1. The number of aryl methyl sites for hydroxylation is 2. The van der Waals surface area contributed by atoms with E-state index >= 15 is 0 Å². The molecule has 0 aliphatic heterocycles. The van der Waals surface area contributed by atoms with Crippen molar-refractivity contribution in [1.29, 1.82) is 0 Å². The lowest BCUT2D eigenvalue weighted by molar-refractivity contribution is -0.118. The van der Waals surface area contributed by atoms with Crippen molar-refractivity contribution in [3.8, 4) is 11.4 Å². The number of nitrogens with zero attached hydrogens (tertiary/aromatic N) is 5. The highest BCUT2D eigenvalue weighted by molar-refractivity contribution is 6.34. The summed E-state index contributed by atoms with van der Waals surface area (Å²) in [6.07, 6.45) is 8.05. The summed E-state index contributed by atoms with van der Waals surface area (Å²) in [5.74, 6) is -0.870. The molecule has 57 heavy (non-hydrogen) atoms. The standard InChI is InChI=1S/C20H26ClN5O4.C19H25ClN4O3/c1-12-24-26(20(30)25(12)11-17(22)27)14-8-9-16(21)15(10-14)19(29)23-18(28)13-6-4-2-3-5-7-13;1-11-21-18(27)24(23-11)13-6-7-15(20)14(9-13)17(26)22-16(25)12-5-4-8-19(2,3)10-12/h8-10,13,18,28H,2-7,11H2,1H3,(H2,22,27)(H,23,29);6-7,9,12,16,25H,4-5,8,10H2,1-3H3,(H,22,26)(H,21,23,27). The molecule has 0 radical (unpaired) electrons. The Morgan fingerprint density at radius 1 is 0.842 bits per heavy atom. The summed E-state index contributed by atoms with van der Waals surface area (Å²) in [7, 11) is 0. The molecule has 3 amide bonds. The number of benzene rings is 2. The average molecular weight is 829 g/mol. The van der Waals surface area contributed by atoms with Crippen LogP contribution in [0, 0.1) is 31.1 Å². The zero-order valence-corrected chi connectivity index (χ0v) is 34.1. The Balaban J connectivity index is 0.000000219. The molecule has 2 aliphatic carbocycles. The second-order valence-electron chi connectivity index (χ2n) is 15.7. The normalized spacial score (nSPS) is 18.1. The molecule has 2 fully saturated rings. The van der Waals surface area contributed by atoms with Crippen LogP contribution in [0.15, 0.2) is 46.0 Å². The molecule has 2 heterocycles. The maximum atomic E-state index is 12.8. The molecule has 7 N–H and O–H groups in total. The molecule has 6 rings (SSSR count). The molecule has 3 unspecified atom stereocenters. The first-order valence-corrected chi connectivity index (χ1v) is 19.9. The lowest BCUT2D eigenvalue weighted by Gasteiger charge is -2.37. The van der Waals surface area contributed by atoms with Gasteiger partial charge in [0.15, 0.2) is 0 Å². The van der Waals surface area contributed by atoms with E-state index in [4.69, 9.17) is 28.9 Å². The van der Waals surface area contributed by atoms with Gasteiger partial charge in [-0.25, -0.2) is 9.59 Å². The van der Waals surface area contributed by atoms with Crippen molar-refractivity contribution in [3.63, 3.8) is 0 Å². The summed E-state index contributed by atoms with van der Waals surface area (Å²) in [6, 6.07) is 9.11. The van der Waals surface area contributed by atoms with Gasteiger partial charge < -0.3 is 26.6 Å². The fourth-order valence-corrected chi connectivity index (χ4v) is 7.96. The zero-order valence-electron chi connectivity index (χ0n) is 32.6. The molecule has 0 spiro atoms. The largest absolute Gasteiger partial charge is 0.373 e. The lowest BCUT2D eigenvalue weighted by Crippen LogP contribution is -2.43. The number of halogens is 2. The number of nitrogens with one attached hydrogen (secondary N) is 3. The summed E-state index contributed by atoms with van der Waals surface area (Å²) < 4.78 is 3.39. The second-order valence-corrected chi connectivity index (χ2v) is 16.5. The second kappa shape index (κ2) is 18.7. The van der Waals surface area contributed by atoms with Gasteiger partial charge in [0.05, 0.1) is 32.5 Å². The van der Waals surface area contributed by atoms with Gasteiger partial charge in [0.25, 0.3) is 11.8 Å². The van der Waals surface area contributed by atoms with Crippen molar-refractivity contribution in [2.75, 3.05) is 0 Å². The molecule has 2 saturated carbocycles. The molecule has 308 valence electrons. The first-order valence-electron chi connectivity index (χ1n) is 19.1. The Morgan fingerprint density at radius 3 is 1.88 bits per heavy atom. The third kappa shape index (κ3) is 11.0. The van der Waals surface area contributed by atoms with Crippen LogP contribution in [0.3, 0.4) is 0 Å². The number of hydrogen-bond acceptors (Lipinski definition) is 9. The number of amides is 3. The van der Waals surface area contributed by atoms with Crippen LogP contribution < -0.4 is 27.7 Å². The molecule has 16 nitrogen and oxygen atoms in total. The Kier molecular flexibility index (Phi) is 14.2. The molecular formula is C39H51Cl2N9O7. The molecule has 18 heteroatoms. The van der Waals surface area contributed by atoms with Crippen molar-refractivity contribution in [1.82, 2.24) is 39.7 Å². The van der Waals surface area contributed by atoms with Gasteiger partial charge in [0.1, 0.15) is 30.6 Å². The van der Waals surface area contributed by atoms with Crippen LogP contribution in [0.5, 0.6) is 0 Å². The fourth-order valence-electron chi connectivity index (χ4n) is 7.55. The quantitative estimate of drug-likeness (QED) is 0.0988. The van der Waals surface area contributed by atoms with E-state index in [0.717, 1.165) is 73.5 Å². The van der Waals surface area contributed by atoms with Crippen LogP contribution in [-0.4, -0.2) is 69.5 Å². The predicted octanol–water partition coefficient (Wildman–Crippen LogP) is 4.29. The number of aromatic nitrogens is 6. The number of carbonyl (C=O) groups is 3. The number of aliphatic hydroxyl groups excluding tert-OH is 2. The monoisotopic (exact) mass is 827 g/mol. The highest BCUT2D eigenvalue weighted by Crippen LogP contribution is 2.39. The molecule has 2 aromatic heterocycles. The number of carbonyl (C=O) groups excluding carboxylic acids is 3. The van der Waals surface area contributed by atoms with Crippen molar-refractivity contribution < 1.29 is 24.6 Å². The van der Waals surface area contributed by atoms with Gasteiger partial charge in [-0.2, -0.15) is 19.6 Å². The van der Waals surface area contributed by atoms with Crippen LogP contribution in [0.4, 0.5) is 0 Å². The molecular weight excluding hydrogens is 777 g/mol. The van der Waals surface area contributed by atoms with Crippen LogP contribution >= 0.6 is 23.2 Å². The number of hydrogen-bond donors (Lipinski definition) is 6. The minimum atomic E-state index is -0.963. The van der Waals surface area contributed by atoms with Crippen LogP contribution in [0.1, 0.15) is 110 Å². The van der Waals surface area contributed by atoms with E-state index < -0.39 is 41.6 Å². The van der Waals surface area contributed by atoms with Crippen LogP contribution in [0.25, 0.3) is 11.4 Å². The number of aliphatic hydroxyl groups is 2. The van der Waals surface area contributed by atoms with Gasteiger partial charge in [-0.05, 0) is 87.8 Å². The Hall–Kier alpha value is -4.77. The molecule has 2 aromatic carbocycles. The Labute approximate surface area is 339 Å². The lowest BCUT2D eigenvalue weighted by atomic mass is 9.71. The zero-order chi connectivity index (χ0) is 41.6. The topological polar surface area (TPSA) is 232 Å². The first-order chi connectivity index (χ1) is 26.9. The summed E-state index contributed by atoms with van der Waals surface area (Å²) in [5.41, 5.74) is 5.43. The third-order valence-corrected chi connectivity index (χ3v) is 11.2. The minimum absolute atomic E-state index is 0.00757. The molecule has 4 aromatic rings. The highest BCUT2D eigenvalue weighted by Gasteiger charge is 2.33. The summed E-state index contributed by atoms with van der Waals surface area (Å²) >= 11 is 12.4. The SMILES string of the molecule is Cc1nn(-c2ccc(Cl)c(C(=O)NC(O)C3CCCC(C)(C)C3)c2)c(=O)[nH]1.Cc1nn(-c2ccc(Cl)c(C(=O)NC(O)C3CCCCCC3)c2)c(=O)n1CC(N)=O. The van der Waals surface area contributed by atoms with Gasteiger partial charge in [0, 0.05) is 11.8 Å². The van der Waals surface area contributed by atoms with Gasteiger partial charge in [-0.15, -0.1) is 0 Å². The summed E-state index contributed by atoms with van der Waals surface area (Å²) in [6.45, 7) is 7.31. The van der Waals surface area contributed by atoms with Crippen molar-refractivity contribution in [3.05, 3.63) is 90.2 Å². The van der Waals surface area contributed by atoms with E-state index in [0.29, 0.717) is 23.0 Å². The maximum absolute atomic E-state index is 12.8. The Bertz CT molecular complexity index is 2200. The van der Waals surface area contributed by atoms with E-state index in [1.165, 1.54) is 22.9 Å². The number of aromatic amines is 1. The van der Waals surface area contributed by atoms with Crippen molar-refractivity contribution in [2.45, 2.75) is 111 Å². The molecule has 3 atom stereocenters. The Morgan fingerprint density at radius 2 is 1.37 bits per heavy atom. The number of rotatable bonds is 10. The van der Waals surface area contributed by atoms with Crippen molar-refractivity contribution in [2.24, 2.45) is 23.0 Å². The molecule has 0 bridgehead atoms. The van der Waals surface area contributed by atoms with Crippen LogP contribution in [-0.2, 0) is 11.3 Å². The maximum Gasteiger partial charge on any atom is 0.351 e. The highest BCUT2D eigenvalue weighted by atomic mass is 35.5. The molecule has 2 aliphatic rings. The fraction of sp³-hybridized carbons (Fsp3) is 0.513. The first kappa shape index (κ1) is 43.4. The van der Waals surface area contributed by atoms with Crippen molar-refractivity contribution >= 4 is 40.9 Å². The van der Waals surface area contributed by atoms with E-state index in [-0.39, 0.29) is 45.0 Å². The van der Waals surface area contributed by atoms with Gasteiger partial charge in [-0.3, -0.25) is 23.9 Å². The van der Waals surface area contributed by atoms with Crippen LogP contribution in [0.2, 0.25) is 10.0 Å². The predicted molar refractivity (Wildman–Crippen MR) is 215 cm³/mol. The van der Waals surface area contributed by atoms with Gasteiger partial charge in [0.2, 0.25) is 5.91 Å². The van der Waals surface area contributed by atoms with E-state index in [1.54, 1.807) is 32.0 Å². The van der Waals surface area contributed by atoms with E-state index in [9.17, 15) is 34.2 Å². The molecule has 0 saturated heterocycles. The van der Waals surface area contributed by atoms with Gasteiger partial charge >= 0.3 is 11.4 Å². The van der Waals surface area contributed by atoms with E-state index in [1.807, 2.05) is 0 Å². The third-order valence-electron chi connectivity index (χ3n) is 10.6. The minimum Gasteiger partial charge on any atom is -0.373 e. The summed E-state index contributed by atoms with van der Waals surface area (Å²) in [4.78, 5) is 63.7. The van der Waals surface area contributed by atoms with Gasteiger partial charge in [-0.1, -0.05) is 69.2 Å². The smallest absolute Gasteiger partial charge is 0.351 e. The van der Waals surface area contributed by atoms with E-state index in [2.05, 4.69) is 39.7 Å². The number of primary amides is 1. The number of nitrogens with two attached hydrogens (primary N) is 1.